The Kier molecular flexibility index (Phi) is 7.81. The fourth-order valence-electron chi connectivity index (χ4n) is 1.61. The Balaban J connectivity index is 2.73. The standard InChI is InChI=1S/C16H24N4O6/c1-10(26-17)9-24-12-7-5-11(6-8-12)18-13(19-14(21)22)20-15(23)25-16(2,3)4/h5-8,10H,9,17H2,1-4H3,(H,21,22)(H2,18,19,20,23). The molecule has 2 amide bonds. The van der Waals surface area contributed by atoms with E-state index in [4.69, 9.17) is 20.5 Å². The molecule has 0 spiro atoms. The minimum absolute atomic E-state index is 0.264. The number of nitrogens with two attached hydrogens (primary N) is 1. The highest BCUT2D eigenvalue weighted by Crippen LogP contribution is 2.16. The van der Waals surface area contributed by atoms with Crippen molar-refractivity contribution < 1.29 is 29.0 Å². The molecule has 0 radical (unpaired) electrons. The van der Waals surface area contributed by atoms with Crippen LogP contribution < -0.4 is 21.3 Å². The van der Waals surface area contributed by atoms with Crippen LogP contribution in [0.15, 0.2) is 29.3 Å². The zero-order valence-corrected chi connectivity index (χ0v) is 15.1. The molecule has 26 heavy (non-hydrogen) atoms. The van der Waals surface area contributed by atoms with Gasteiger partial charge in [-0.3, -0.25) is 10.2 Å². The second-order valence-corrected chi connectivity index (χ2v) is 6.28. The summed E-state index contributed by atoms with van der Waals surface area (Å²) in [5.41, 5.74) is -0.251. The van der Waals surface area contributed by atoms with Crippen LogP contribution in [0.25, 0.3) is 0 Å². The summed E-state index contributed by atoms with van der Waals surface area (Å²) in [5, 5.41) is 13.8. The Morgan fingerprint density at radius 3 is 2.38 bits per heavy atom. The van der Waals surface area contributed by atoms with E-state index in [1.165, 1.54) is 0 Å². The van der Waals surface area contributed by atoms with E-state index < -0.39 is 17.8 Å². The quantitative estimate of drug-likeness (QED) is 0.352. The van der Waals surface area contributed by atoms with E-state index in [2.05, 4.69) is 20.5 Å². The zero-order valence-electron chi connectivity index (χ0n) is 15.1. The van der Waals surface area contributed by atoms with Crippen LogP contribution in [0.3, 0.4) is 0 Å². The summed E-state index contributed by atoms with van der Waals surface area (Å²) in [5.74, 6) is 5.32. The largest absolute Gasteiger partial charge is 0.491 e. The number of guanidine groups is 1. The zero-order chi connectivity index (χ0) is 19.7. The number of carbonyl (C=O) groups excluding carboxylic acids is 1. The van der Waals surface area contributed by atoms with Crippen molar-refractivity contribution in [1.82, 2.24) is 5.32 Å². The fourth-order valence-corrected chi connectivity index (χ4v) is 1.61. The number of hydrogen-bond donors (Lipinski definition) is 4. The van der Waals surface area contributed by atoms with E-state index in [1.807, 2.05) is 0 Å². The van der Waals surface area contributed by atoms with E-state index >= 15 is 0 Å². The lowest BCUT2D eigenvalue weighted by molar-refractivity contribution is 0.0319. The molecule has 1 aromatic rings. The smallest absolute Gasteiger partial charge is 0.434 e. The third-order valence-electron chi connectivity index (χ3n) is 2.66. The summed E-state index contributed by atoms with van der Waals surface area (Å²) >= 11 is 0. The lowest BCUT2D eigenvalue weighted by Crippen LogP contribution is -2.40. The van der Waals surface area contributed by atoms with Crippen LogP contribution in [-0.2, 0) is 9.57 Å². The Bertz CT molecular complexity index is 639. The van der Waals surface area contributed by atoms with Gasteiger partial charge in [0.25, 0.3) is 0 Å². The molecule has 0 aliphatic rings. The number of amides is 2. The first-order chi connectivity index (χ1) is 12.1. The first-order valence-corrected chi connectivity index (χ1v) is 7.76. The summed E-state index contributed by atoms with van der Waals surface area (Å²) in [6.45, 7) is 7.08. The van der Waals surface area contributed by atoms with Gasteiger partial charge >= 0.3 is 12.2 Å². The van der Waals surface area contributed by atoms with Gasteiger partial charge in [0.15, 0.2) is 0 Å². The van der Waals surface area contributed by atoms with E-state index in [0.717, 1.165) is 0 Å². The summed E-state index contributed by atoms with van der Waals surface area (Å²) < 4.78 is 10.5. The van der Waals surface area contributed by atoms with Gasteiger partial charge in [0, 0.05) is 5.69 Å². The number of anilines is 1. The van der Waals surface area contributed by atoms with Crippen molar-refractivity contribution >= 4 is 23.8 Å². The number of carboxylic acid groups (broad SMARTS) is 1. The summed E-state index contributed by atoms with van der Waals surface area (Å²) in [4.78, 5) is 30.5. The van der Waals surface area contributed by atoms with Gasteiger partial charge in [0.1, 0.15) is 24.1 Å². The second-order valence-electron chi connectivity index (χ2n) is 6.28. The number of carbonyl (C=O) groups is 2. The number of alkyl carbamates (subject to hydrolysis) is 1. The minimum Gasteiger partial charge on any atom is -0.491 e. The van der Waals surface area contributed by atoms with E-state index in [1.54, 1.807) is 52.0 Å². The van der Waals surface area contributed by atoms with Gasteiger partial charge in [-0.1, -0.05) is 0 Å². The maximum Gasteiger partial charge on any atom is 0.434 e. The first-order valence-electron chi connectivity index (χ1n) is 7.76. The van der Waals surface area contributed by atoms with Crippen molar-refractivity contribution in [2.75, 3.05) is 11.9 Å². The molecule has 0 bridgehead atoms. The number of benzene rings is 1. The van der Waals surface area contributed by atoms with Gasteiger partial charge in [-0.2, -0.15) is 0 Å². The van der Waals surface area contributed by atoms with Crippen molar-refractivity contribution in [3.05, 3.63) is 24.3 Å². The van der Waals surface area contributed by atoms with E-state index in [9.17, 15) is 9.59 Å². The summed E-state index contributed by atoms with van der Waals surface area (Å²) in [6.07, 6.45) is -2.57. The van der Waals surface area contributed by atoms with Crippen LogP contribution in [0.2, 0.25) is 0 Å². The van der Waals surface area contributed by atoms with Crippen LogP contribution in [0, 0.1) is 0 Å². The molecule has 1 unspecified atom stereocenters. The molecule has 5 N–H and O–H groups in total. The molecular formula is C16H24N4O6. The average molecular weight is 368 g/mol. The third kappa shape index (κ3) is 8.85. The van der Waals surface area contributed by atoms with Crippen molar-refractivity contribution in [2.45, 2.75) is 39.4 Å². The lowest BCUT2D eigenvalue weighted by atomic mass is 10.2. The predicted octanol–water partition coefficient (Wildman–Crippen LogP) is 2.31. The molecule has 1 rings (SSSR count). The van der Waals surface area contributed by atoms with Crippen LogP contribution in [0.5, 0.6) is 5.75 Å². The van der Waals surface area contributed by atoms with Gasteiger partial charge in [0.2, 0.25) is 5.96 Å². The van der Waals surface area contributed by atoms with Gasteiger partial charge in [-0.25, -0.2) is 15.5 Å². The van der Waals surface area contributed by atoms with Crippen molar-refractivity contribution in [1.29, 1.82) is 0 Å². The molecule has 144 valence electrons. The highest BCUT2D eigenvalue weighted by Gasteiger charge is 2.18. The van der Waals surface area contributed by atoms with Crippen molar-refractivity contribution in [3.8, 4) is 5.75 Å². The maximum atomic E-state index is 11.8. The fraction of sp³-hybridized carbons (Fsp3) is 0.438. The summed E-state index contributed by atoms with van der Waals surface area (Å²) in [7, 11) is 0. The third-order valence-corrected chi connectivity index (χ3v) is 2.66. The molecule has 1 atom stereocenters. The Morgan fingerprint density at radius 2 is 1.88 bits per heavy atom. The van der Waals surface area contributed by atoms with Crippen LogP contribution in [0.1, 0.15) is 27.7 Å². The summed E-state index contributed by atoms with van der Waals surface area (Å²) in [6, 6.07) is 6.55. The van der Waals surface area contributed by atoms with Crippen LogP contribution >= 0.6 is 0 Å². The molecular weight excluding hydrogens is 344 g/mol. The second kappa shape index (κ2) is 9.59. The maximum absolute atomic E-state index is 11.8. The number of nitrogens with zero attached hydrogens (tertiary/aromatic N) is 1. The Labute approximate surface area is 151 Å². The molecule has 0 aliphatic carbocycles. The SMILES string of the molecule is CC(COc1ccc(N/C(=N\C(=O)O)NC(=O)OC(C)(C)C)cc1)ON. The number of nitrogens with one attached hydrogen (secondary N) is 2. The molecule has 0 heterocycles. The first kappa shape index (κ1) is 21.2. The molecule has 10 heteroatoms. The van der Waals surface area contributed by atoms with Gasteiger partial charge in [-0.15, -0.1) is 4.99 Å². The monoisotopic (exact) mass is 368 g/mol. The topological polar surface area (TPSA) is 145 Å². The normalized spacial score (nSPS) is 12.9. The molecule has 0 saturated carbocycles. The number of aliphatic imine (C=N–C) groups is 1. The molecule has 0 fully saturated rings. The lowest BCUT2D eigenvalue weighted by Gasteiger charge is -2.20. The molecule has 0 aliphatic heterocycles. The molecule has 0 aromatic heterocycles. The highest BCUT2D eigenvalue weighted by molar-refractivity contribution is 6.05. The Hall–Kier alpha value is -2.85. The van der Waals surface area contributed by atoms with Crippen LogP contribution in [0.4, 0.5) is 15.3 Å². The molecule has 0 saturated heterocycles. The van der Waals surface area contributed by atoms with E-state index in [-0.39, 0.29) is 18.7 Å². The Morgan fingerprint density at radius 1 is 1.27 bits per heavy atom. The van der Waals surface area contributed by atoms with Crippen LogP contribution in [-0.4, -0.2) is 41.6 Å². The minimum atomic E-state index is -1.47. The number of hydrogen-bond acceptors (Lipinski definition) is 6. The van der Waals surface area contributed by atoms with Gasteiger partial charge < -0.3 is 19.9 Å². The van der Waals surface area contributed by atoms with Crippen molar-refractivity contribution in [2.24, 2.45) is 10.9 Å². The van der Waals surface area contributed by atoms with Crippen molar-refractivity contribution in [3.63, 3.8) is 0 Å². The number of rotatable bonds is 5. The van der Waals surface area contributed by atoms with E-state index in [0.29, 0.717) is 11.4 Å². The number of ether oxygens (including phenoxy) is 2. The average Bonchev–Trinajstić information content (AvgIpc) is 2.51. The predicted molar refractivity (Wildman–Crippen MR) is 95.1 cm³/mol. The van der Waals surface area contributed by atoms with Gasteiger partial charge in [-0.05, 0) is 52.0 Å². The van der Waals surface area contributed by atoms with Gasteiger partial charge in [0.05, 0.1) is 0 Å². The molecule has 1 aromatic carbocycles. The highest BCUT2D eigenvalue weighted by atomic mass is 16.6. The molecule has 10 nitrogen and oxygen atoms in total.